The maximum absolute atomic E-state index is 16.6. The Hall–Kier alpha value is -5.38. The van der Waals surface area contributed by atoms with E-state index in [9.17, 15) is 37.1 Å². The van der Waals surface area contributed by atoms with Crippen molar-refractivity contribution >= 4 is 11.9 Å². The zero-order chi connectivity index (χ0) is 37.8. The Morgan fingerprint density at radius 3 is 2.24 bits per heavy atom. The van der Waals surface area contributed by atoms with Crippen molar-refractivity contribution in [3.05, 3.63) is 122 Å². The van der Waals surface area contributed by atoms with Crippen LogP contribution in [0.2, 0.25) is 0 Å². The lowest BCUT2D eigenvalue weighted by Crippen LogP contribution is -2.41. The molecule has 0 unspecified atom stereocenters. The van der Waals surface area contributed by atoms with Gasteiger partial charge in [0.25, 0.3) is 5.56 Å². The summed E-state index contributed by atoms with van der Waals surface area (Å²) in [5, 5.41) is 12.1. The fourth-order valence-electron chi connectivity index (χ4n) is 6.19. The van der Waals surface area contributed by atoms with E-state index in [1.54, 1.807) is 32.0 Å². The molecule has 0 radical (unpaired) electrons. The largest absolute Gasteiger partial charge is 0.481 e. The minimum atomic E-state index is -4.90. The van der Waals surface area contributed by atoms with Gasteiger partial charge in [-0.05, 0) is 91.6 Å². The number of hydrogen-bond acceptors (Lipinski definition) is 4. The molecule has 0 aliphatic heterocycles. The van der Waals surface area contributed by atoms with Gasteiger partial charge in [-0.25, -0.2) is 13.2 Å². The Labute approximate surface area is 290 Å². The van der Waals surface area contributed by atoms with Gasteiger partial charge in [0.1, 0.15) is 23.5 Å². The number of alkyl halides is 3. The zero-order valence-electron chi connectivity index (χ0n) is 28.2. The van der Waals surface area contributed by atoms with Gasteiger partial charge in [-0.1, -0.05) is 25.8 Å². The van der Waals surface area contributed by atoms with E-state index in [4.69, 9.17) is 6.42 Å². The molecule has 0 bridgehead atoms. The molecule has 2 atom stereocenters. The second-order valence-electron chi connectivity index (χ2n) is 12.6. The summed E-state index contributed by atoms with van der Waals surface area (Å²) < 4.78 is 89.5. The molecule has 4 aromatic rings. The van der Waals surface area contributed by atoms with E-state index in [0.717, 1.165) is 29.0 Å². The number of nitrogens with one attached hydrogen (secondary N) is 1. The average Bonchev–Trinajstić information content (AvgIpc) is 3.03. The first-order chi connectivity index (χ1) is 23.9. The molecule has 2 heterocycles. The normalized spacial score (nSPS) is 12.7. The molecule has 0 fully saturated rings. The predicted octanol–water partition coefficient (Wildman–Crippen LogP) is 7.65. The number of aliphatic carboxylic acids is 1. The number of hydrogen-bond donors (Lipinski definition) is 2. The Bertz CT molecular complexity index is 2030. The number of carboxylic acids is 1. The van der Waals surface area contributed by atoms with Crippen molar-refractivity contribution in [2.24, 2.45) is 5.92 Å². The van der Waals surface area contributed by atoms with Gasteiger partial charge >= 0.3 is 12.1 Å². The van der Waals surface area contributed by atoms with Crippen molar-refractivity contribution < 1.29 is 41.0 Å². The van der Waals surface area contributed by atoms with Gasteiger partial charge in [-0.3, -0.25) is 19.4 Å². The molecular weight excluding hydrogens is 676 g/mol. The minimum Gasteiger partial charge on any atom is -0.481 e. The molecule has 0 saturated carbocycles. The topological polar surface area (TPSA) is 101 Å². The van der Waals surface area contributed by atoms with Crippen molar-refractivity contribution in [1.29, 1.82) is 0 Å². The molecule has 2 aromatic carbocycles. The number of carbonyl (C=O) groups is 2. The monoisotopic (exact) mass is 711 g/mol. The number of aryl methyl sites for hydroxylation is 4. The van der Waals surface area contributed by atoms with Crippen LogP contribution in [0.15, 0.2) is 59.7 Å². The minimum absolute atomic E-state index is 0.0748. The maximum Gasteiger partial charge on any atom is 0.416 e. The van der Waals surface area contributed by atoms with E-state index < -0.39 is 70.7 Å². The highest BCUT2D eigenvalue weighted by molar-refractivity contribution is 5.83. The first kappa shape index (κ1) is 38.4. The zero-order valence-corrected chi connectivity index (χ0v) is 28.2. The van der Waals surface area contributed by atoms with Crippen molar-refractivity contribution in [3.63, 3.8) is 0 Å². The van der Waals surface area contributed by atoms with E-state index in [1.165, 1.54) is 20.0 Å². The molecule has 2 aromatic heterocycles. The maximum atomic E-state index is 16.6. The highest BCUT2D eigenvalue weighted by atomic mass is 19.4. The van der Waals surface area contributed by atoms with Gasteiger partial charge in [0.15, 0.2) is 0 Å². The summed E-state index contributed by atoms with van der Waals surface area (Å²) in [6, 6.07) is 4.98. The van der Waals surface area contributed by atoms with Crippen molar-refractivity contribution in [3.8, 4) is 23.5 Å². The van der Waals surface area contributed by atoms with Crippen molar-refractivity contribution in [2.75, 3.05) is 0 Å². The summed E-state index contributed by atoms with van der Waals surface area (Å²) in [7, 11) is 0. The molecule has 51 heavy (non-hydrogen) atoms. The first-order valence-electron chi connectivity index (χ1n) is 15.9. The van der Waals surface area contributed by atoms with E-state index in [0.29, 0.717) is 11.8 Å². The number of carboxylic acid groups (broad SMARTS) is 1. The lowest BCUT2D eigenvalue weighted by molar-refractivity contribution is -0.139. The summed E-state index contributed by atoms with van der Waals surface area (Å²) in [5.41, 5.74) is -2.97. The number of carbonyl (C=O) groups excluding carboxylic acids is 1. The van der Waals surface area contributed by atoms with Crippen LogP contribution in [0.25, 0.3) is 11.1 Å². The van der Waals surface area contributed by atoms with Crippen molar-refractivity contribution in [1.82, 2.24) is 14.9 Å². The molecule has 0 aliphatic carbocycles. The number of terminal acetylenes is 1. The summed E-state index contributed by atoms with van der Waals surface area (Å²) >= 11 is 0. The fraction of sp³-hybridized carbons (Fsp3) is 0.316. The molecule has 0 saturated heterocycles. The highest BCUT2D eigenvalue weighted by Crippen LogP contribution is 2.38. The molecule has 7 nitrogen and oxygen atoms in total. The fourth-order valence-corrected chi connectivity index (χ4v) is 6.19. The van der Waals surface area contributed by atoms with Crippen LogP contribution in [0, 0.1) is 49.6 Å². The molecule has 0 aliphatic rings. The Balaban J connectivity index is 1.84. The van der Waals surface area contributed by atoms with E-state index in [2.05, 4.69) is 16.2 Å². The molecule has 268 valence electrons. The highest BCUT2D eigenvalue weighted by Gasteiger charge is 2.36. The standard InChI is InChI=1S/C38H35F6N3O4/c1-6-23-16-28(40)35(36(41)34(23)33-21(4)14-25(39)15-22(33)5)29(18-32(49)50)46-37(51)30(13-20(2)3)47-19-24(10-11-26-9-7-8-12-45-26)27(17-31(47)48)38(42,43)44/h1,7-9,12,14-17,19-20,29-30H,10-11,13,18H2,2-5H3,(H,46,51)(H,49,50)/t29-,30+/m1/s1. The average molecular weight is 712 g/mol. The van der Waals surface area contributed by atoms with E-state index in [-0.39, 0.29) is 58.6 Å². The third kappa shape index (κ3) is 8.86. The number of nitrogens with zero attached hydrogens (tertiary/aromatic N) is 2. The van der Waals surface area contributed by atoms with Gasteiger partial charge in [-0.15, -0.1) is 6.42 Å². The summed E-state index contributed by atoms with van der Waals surface area (Å²) in [5.74, 6) is -3.95. The molecule has 1 amide bonds. The number of aromatic nitrogens is 2. The quantitative estimate of drug-likeness (QED) is 0.116. The van der Waals surface area contributed by atoms with E-state index >= 15 is 8.78 Å². The number of halogens is 6. The predicted molar refractivity (Wildman–Crippen MR) is 178 cm³/mol. The number of rotatable bonds is 12. The Morgan fingerprint density at radius 1 is 1.02 bits per heavy atom. The lowest BCUT2D eigenvalue weighted by Gasteiger charge is -2.27. The number of pyridine rings is 2. The third-order valence-electron chi connectivity index (χ3n) is 8.38. The van der Waals surface area contributed by atoms with Crippen LogP contribution < -0.4 is 10.9 Å². The second-order valence-corrected chi connectivity index (χ2v) is 12.6. The SMILES string of the molecule is C#Cc1cc(F)c([C@@H](CC(=O)O)NC(=O)[C@H](CC(C)C)n2cc(CCc3ccccn3)c(C(F)(F)F)cc2=O)c(F)c1-c1c(C)cc(F)cc1C. The van der Waals surface area contributed by atoms with Gasteiger partial charge in [-0.2, -0.15) is 13.2 Å². The molecule has 0 spiro atoms. The van der Waals surface area contributed by atoms with Crippen molar-refractivity contribution in [2.45, 2.75) is 71.6 Å². The summed E-state index contributed by atoms with van der Waals surface area (Å²) in [4.78, 5) is 43.4. The number of amides is 1. The smallest absolute Gasteiger partial charge is 0.416 e. The van der Waals surface area contributed by atoms with Gasteiger partial charge in [0.2, 0.25) is 5.91 Å². The van der Waals surface area contributed by atoms with Crippen LogP contribution in [0.5, 0.6) is 0 Å². The molecular formula is C38H35F6N3O4. The van der Waals surface area contributed by atoms with Gasteiger partial charge in [0.05, 0.1) is 18.0 Å². The Morgan fingerprint density at radius 2 is 1.69 bits per heavy atom. The lowest BCUT2D eigenvalue weighted by atomic mass is 9.88. The Kier molecular flexibility index (Phi) is 11.8. The third-order valence-corrected chi connectivity index (χ3v) is 8.38. The van der Waals surface area contributed by atoms with Crippen LogP contribution in [0.4, 0.5) is 26.3 Å². The van der Waals surface area contributed by atoms with Crippen LogP contribution in [0.3, 0.4) is 0 Å². The first-order valence-corrected chi connectivity index (χ1v) is 15.9. The second kappa shape index (κ2) is 15.7. The van der Waals surface area contributed by atoms with Crippen LogP contribution in [0.1, 0.15) is 77.8 Å². The molecule has 4 rings (SSSR count). The van der Waals surface area contributed by atoms with Crippen LogP contribution in [-0.4, -0.2) is 26.5 Å². The van der Waals surface area contributed by atoms with E-state index in [1.807, 2.05) is 0 Å². The van der Waals surface area contributed by atoms with Gasteiger partial charge < -0.3 is 15.0 Å². The van der Waals surface area contributed by atoms with Gasteiger partial charge in [0, 0.05) is 40.8 Å². The van der Waals surface area contributed by atoms with Crippen LogP contribution >= 0.6 is 0 Å². The number of benzene rings is 2. The van der Waals surface area contributed by atoms with Crippen LogP contribution in [-0.2, 0) is 28.6 Å². The summed E-state index contributed by atoms with van der Waals surface area (Å²) in [6.45, 7) is 6.33. The molecule has 13 heteroatoms. The molecule has 2 N–H and O–H groups in total. The summed E-state index contributed by atoms with van der Waals surface area (Å²) in [6.07, 6.45) is 1.83.